The molecule has 0 aliphatic heterocycles. The van der Waals surface area contributed by atoms with E-state index in [-0.39, 0.29) is 12.4 Å². The van der Waals surface area contributed by atoms with Crippen LogP contribution in [-0.2, 0) is 13.2 Å². The van der Waals surface area contributed by atoms with Crippen LogP contribution in [0.1, 0.15) is 56.6 Å². The topological polar surface area (TPSA) is 21.3 Å². The standard InChI is InChI=1S/C26H31Cl2NO.ClH/c1-17(26-12-19-8-20(13-26)10-21(9-19)14-26)29-15-18-4-2-5-22(11-18)30-16-23-24(27)6-3-7-25(23)28;/h2-7,11,17,19-21,29H,8-10,12-16H2,1H3;1H/p-1. The lowest BCUT2D eigenvalue weighted by Gasteiger charge is -2.59. The Labute approximate surface area is 202 Å². The first kappa shape index (κ1) is 23.2. The highest BCUT2D eigenvalue weighted by Gasteiger charge is 2.52. The van der Waals surface area contributed by atoms with Crippen LogP contribution in [0.25, 0.3) is 0 Å². The summed E-state index contributed by atoms with van der Waals surface area (Å²) in [6.07, 6.45) is 8.82. The Bertz CT molecular complexity index is 860. The Morgan fingerprint density at radius 3 is 2.16 bits per heavy atom. The number of rotatable bonds is 7. The highest BCUT2D eigenvalue weighted by molar-refractivity contribution is 6.35. The molecule has 0 spiro atoms. The number of hydrogen-bond donors (Lipinski definition) is 1. The maximum Gasteiger partial charge on any atom is 0.120 e. The van der Waals surface area contributed by atoms with E-state index in [2.05, 4.69) is 30.4 Å². The normalized spacial score (nSPS) is 29.5. The van der Waals surface area contributed by atoms with E-state index in [1.807, 2.05) is 24.3 Å². The molecule has 1 atom stereocenters. The lowest BCUT2D eigenvalue weighted by molar-refractivity contribution is -0.0706. The van der Waals surface area contributed by atoms with Crippen molar-refractivity contribution >= 4 is 23.2 Å². The van der Waals surface area contributed by atoms with Crippen LogP contribution in [0, 0.1) is 23.2 Å². The molecule has 0 aromatic heterocycles. The summed E-state index contributed by atoms with van der Waals surface area (Å²) in [5, 5.41) is 5.16. The highest BCUT2D eigenvalue weighted by Crippen LogP contribution is 2.61. The second-order valence-corrected chi connectivity index (χ2v) is 10.8. The molecule has 0 saturated heterocycles. The summed E-state index contributed by atoms with van der Waals surface area (Å²) in [5.74, 6) is 3.84. The van der Waals surface area contributed by atoms with Gasteiger partial charge in [0.1, 0.15) is 12.4 Å². The monoisotopic (exact) mass is 478 g/mol. The van der Waals surface area contributed by atoms with Crippen molar-refractivity contribution in [3.8, 4) is 5.75 Å². The van der Waals surface area contributed by atoms with E-state index in [0.717, 1.165) is 35.6 Å². The van der Waals surface area contributed by atoms with Crippen LogP contribution in [0.15, 0.2) is 42.5 Å². The van der Waals surface area contributed by atoms with Crippen molar-refractivity contribution in [3.05, 3.63) is 63.6 Å². The van der Waals surface area contributed by atoms with Crippen LogP contribution in [0.2, 0.25) is 10.0 Å². The van der Waals surface area contributed by atoms with Gasteiger partial charge in [-0.25, -0.2) is 0 Å². The molecule has 0 radical (unpaired) electrons. The van der Waals surface area contributed by atoms with Gasteiger partial charge in [-0.2, -0.15) is 0 Å². The maximum atomic E-state index is 6.27. The van der Waals surface area contributed by atoms with Crippen molar-refractivity contribution in [2.45, 2.75) is 64.6 Å². The van der Waals surface area contributed by atoms with Gasteiger partial charge in [0.15, 0.2) is 0 Å². The zero-order chi connectivity index (χ0) is 20.7. The number of benzene rings is 2. The van der Waals surface area contributed by atoms with E-state index in [9.17, 15) is 0 Å². The summed E-state index contributed by atoms with van der Waals surface area (Å²) in [7, 11) is 0. The van der Waals surface area contributed by atoms with Crippen molar-refractivity contribution < 1.29 is 17.1 Å². The minimum atomic E-state index is 0. The third-order valence-corrected chi connectivity index (χ3v) is 8.67. The quantitative estimate of drug-likeness (QED) is 0.640. The van der Waals surface area contributed by atoms with Gasteiger partial charge in [0.05, 0.1) is 0 Å². The van der Waals surface area contributed by atoms with Crippen LogP contribution in [-0.4, -0.2) is 6.04 Å². The van der Waals surface area contributed by atoms with Crippen molar-refractivity contribution in [3.63, 3.8) is 0 Å². The highest BCUT2D eigenvalue weighted by atomic mass is 35.5. The predicted octanol–water partition coefficient (Wildman–Crippen LogP) is 4.27. The molecule has 4 bridgehead atoms. The molecular formula is C26H31Cl3NO-. The van der Waals surface area contributed by atoms with Gasteiger partial charge in [0, 0.05) is 28.2 Å². The molecule has 4 saturated carbocycles. The van der Waals surface area contributed by atoms with E-state index in [0.29, 0.717) is 28.1 Å². The Kier molecular flexibility index (Phi) is 7.13. The Hall–Kier alpha value is -0.930. The van der Waals surface area contributed by atoms with Gasteiger partial charge in [0.25, 0.3) is 0 Å². The number of hydrogen-bond acceptors (Lipinski definition) is 2. The number of ether oxygens (including phenoxy) is 1. The van der Waals surface area contributed by atoms with Crippen LogP contribution >= 0.6 is 23.2 Å². The second kappa shape index (κ2) is 9.51. The fourth-order valence-corrected chi connectivity index (χ4v) is 7.27. The van der Waals surface area contributed by atoms with E-state index in [4.69, 9.17) is 27.9 Å². The molecule has 2 nitrogen and oxygen atoms in total. The minimum absolute atomic E-state index is 0. The first-order chi connectivity index (χ1) is 14.5. The molecule has 0 heterocycles. The van der Waals surface area contributed by atoms with Crippen molar-refractivity contribution in [2.75, 3.05) is 0 Å². The molecule has 6 rings (SSSR count). The van der Waals surface area contributed by atoms with Crippen molar-refractivity contribution in [2.24, 2.45) is 23.2 Å². The minimum Gasteiger partial charge on any atom is -1.00 e. The van der Waals surface area contributed by atoms with Crippen LogP contribution < -0.4 is 22.5 Å². The number of halogens is 3. The number of nitrogens with one attached hydrogen (secondary N) is 1. The molecule has 2 aromatic carbocycles. The zero-order valence-corrected chi connectivity index (χ0v) is 20.3. The van der Waals surface area contributed by atoms with E-state index in [1.165, 1.54) is 44.1 Å². The maximum absolute atomic E-state index is 6.27. The Morgan fingerprint density at radius 1 is 0.968 bits per heavy atom. The summed E-state index contributed by atoms with van der Waals surface area (Å²) in [6.45, 7) is 3.68. The molecule has 4 aliphatic carbocycles. The molecule has 0 amide bonds. The summed E-state index contributed by atoms with van der Waals surface area (Å²) in [6, 6.07) is 14.5. The van der Waals surface area contributed by atoms with Crippen molar-refractivity contribution in [1.82, 2.24) is 5.32 Å². The average Bonchev–Trinajstić information content (AvgIpc) is 2.71. The smallest absolute Gasteiger partial charge is 0.120 e. The van der Waals surface area contributed by atoms with Gasteiger partial charge in [-0.1, -0.05) is 41.4 Å². The third-order valence-electron chi connectivity index (χ3n) is 7.96. The van der Waals surface area contributed by atoms with Gasteiger partial charge in [-0.3, -0.25) is 0 Å². The fraction of sp³-hybridized carbons (Fsp3) is 0.538. The lowest BCUT2D eigenvalue weighted by Crippen LogP contribution is -3.00. The zero-order valence-electron chi connectivity index (χ0n) is 18.0. The van der Waals surface area contributed by atoms with Gasteiger partial charge in [-0.05, 0) is 98.4 Å². The molecule has 4 aliphatic rings. The predicted molar refractivity (Wildman–Crippen MR) is 124 cm³/mol. The first-order valence-electron chi connectivity index (χ1n) is 11.4. The summed E-state index contributed by atoms with van der Waals surface area (Å²) >= 11 is 12.5. The average molecular weight is 480 g/mol. The van der Waals surface area contributed by atoms with E-state index < -0.39 is 0 Å². The molecule has 1 N–H and O–H groups in total. The molecule has 168 valence electrons. The summed E-state index contributed by atoms with van der Waals surface area (Å²) < 4.78 is 6.00. The molecule has 1 unspecified atom stereocenters. The van der Waals surface area contributed by atoms with E-state index >= 15 is 0 Å². The van der Waals surface area contributed by atoms with Crippen molar-refractivity contribution in [1.29, 1.82) is 0 Å². The van der Waals surface area contributed by atoms with E-state index in [1.54, 1.807) is 0 Å². The van der Waals surface area contributed by atoms with Gasteiger partial charge in [0.2, 0.25) is 0 Å². The Balaban J connectivity index is 0.00000231. The fourth-order valence-electron chi connectivity index (χ4n) is 6.77. The van der Waals surface area contributed by atoms with Crippen LogP contribution in [0.4, 0.5) is 0 Å². The summed E-state index contributed by atoms with van der Waals surface area (Å²) in [4.78, 5) is 0. The molecule has 31 heavy (non-hydrogen) atoms. The molecule has 2 aromatic rings. The molecule has 4 fully saturated rings. The van der Waals surface area contributed by atoms with Gasteiger partial charge < -0.3 is 22.5 Å². The molecular weight excluding hydrogens is 449 g/mol. The lowest BCUT2D eigenvalue weighted by atomic mass is 9.48. The second-order valence-electron chi connectivity index (χ2n) is 10.0. The SMILES string of the molecule is CC(NCc1cccc(OCc2c(Cl)cccc2Cl)c1)C12CC3CC(CC(C3)C1)C2.[Cl-]. The Morgan fingerprint density at radius 2 is 1.55 bits per heavy atom. The summed E-state index contributed by atoms with van der Waals surface area (Å²) in [5.41, 5.74) is 2.62. The van der Waals surface area contributed by atoms with Gasteiger partial charge in [-0.15, -0.1) is 0 Å². The molecule has 5 heteroatoms. The van der Waals surface area contributed by atoms with Crippen LogP contribution in [0.3, 0.4) is 0 Å². The third kappa shape index (κ3) is 4.88. The largest absolute Gasteiger partial charge is 1.00 e. The first-order valence-corrected chi connectivity index (χ1v) is 12.1. The van der Waals surface area contributed by atoms with Gasteiger partial charge >= 0.3 is 0 Å². The van der Waals surface area contributed by atoms with Crippen LogP contribution in [0.5, 0.6) is 5.75 Å².